The number of benzene rings is 1. The molecule has 0 radical (unpaired) electrons. The molecule has 0 aliphatic carbocycles. The van der Waals surface area contributed by atoms with Gasteiger partial charge in [0.1, 0.15) is 16.1 Å². The lowest BCUT2D eigenvalue weighted by Gasteiger charge is -2.41. The van der Waals surface area contributed by atoms with Gasteiger partial charge in [0.25, 0.3) is 5.91 Å². The van der Waals surface area contributed by atoms with E-state index in [0.717, 1.165) is 5.56 Å². The lowest BCUT2D eigenvalue weighted by molar-refractivity contribution is -0.147. The molecule has 2 heterocycles. The summed E-state index contributed by atoms with van der Waals surface area (Å²) >= 11 is 13.0. The first-order chi connectivity index (χ1) is 10.4. The number of carbonyl (C=O) groups excluding carboxylic acids is 1. The summed E-state index contributed by atoms with van der Waals surface area (Å²) in [7, 11) is 0. The summed E-state index contributed by atoms with van der Waals surface area (Å²) in [5.41, 5.74) is 0.660. The third-order valence-corrected chi connectivity index (χ3v) is 5.07. The number of aliphatic carboxylic acids is 1. The number of nitrogens with zero attached hydrogens (tertiary/aromatic N) is 2. The molecule has 0 spiro atoms. The average Bonchev–Trinajstić information content (AvgIpc) is 2.84. The van der Waals surface area contributed by atoms with E-state index in [1.165, 1.54) is 23.6 Å². The maximum atomic E-state index is 12.2. The van der Waals surface area contributed by atoms with Crippen LogP contribution in [0.3, 0.4) is 0 Å². The number of rotatable bonds is 3. The fourth-order valence-electron chi connectivity index (χ4n) is 2.35. The molecule has 1 saturated heterocycles. The number of thioether (sulfide) groups is 1. The van der Waals surface area contributed by atoms with Crippen molar-refractivity contribution in [2.45, 2.75) is 18.3 Å². The normalized spacial score (nSPS) is 24.4. The summed E-state index contributed by atoms with van der Waals surface area (Å²) in [6.07, 6.45) is 0. The number of carboxylic acid groups (broad SMARTS) is 1. The van der Waals surface area contributed by atoms with Gasteiger partial charge in [-0.3, -0.25) is 14.7 Å². The second-order valence-corrected chi connectivity index (χ2v) is 6.90. The first kappa shape index (κ1) is 15.4. The van der Waals surface area contributed by atoms with Crippen molar-refractivity contribution >= 4 is 51.9 Å². The monoisotopic (exact) mass is 356 g/mol. The summed E-state index contributed by atoms with van der Waals surface area (Å²) in [5.74, 6) is -1.57. The Hall–Kier alpha value is -1.50. The predicted octanol–water partition coefficient (Wildman–Crippen LogP) is 2.93. The van der Waals surface area contributed by atoms with E-state index in [1.54, 1.807) is 12.1 Å². The van der Waals surface area contributed by atoms with Crippen molar-refractivity contribution < 1.29 is 14.7 Å². The zero-order chi connectivity index (χ0) is 16.0. The topological polar surface area (TPSA) is 70.0 Å². The highest BCUT2D eigenvalue weighted by Crippen LogP contribution is 2.43. The summed E-state index contributed by atoms with van der Waals surface area (Å²) < 4.78 is 0. The van der Waals surface area contributed by atoms with Crippen LogP contribution in [0.2, 0.25) is 5.02 Å². The van der Waals surface area contributed by atoms with Crippen LogP contribution in [-0.2, 0) is 9.59 Å². The first-order valence-corrected chi connectivity index (χ1v) is 7.97. The Morgan fingerprint density at radius 2 is 2.00 bits per heavy atom. The Kier molecular flexibility index (Phi) is 3.92. The predicted molar refractivity (Wildman–Crippen MR) is 86.2 cm³/mol. The van der Waals surface area contributed by atoms with Crippen LogP contribution in [0.1, 0.15) is 12.5 Å². The van der Waals surface area contributed by atoms with Gasteiger partial charge in [-0.1, -0.05) is 47.1 Å². The number of hydrogen-bond acceptors (Lipinski definition) is 4. The van der Waals surface area contributed by atoms with Gasteiger partial charge in [0.05, 0.1) is 0 Å². The molecule has 2 aliphatic heterocycles. The highest BCUT2D eigenvalue weighted by atomic mass is 35.5. The second-order valence-electron chi connectivity index (χ2n) is 4.79. The summed E-state index contributed by atoms with van der Waals surface area (Å²) in [6, 6.07) is 6.56. The van der Waals surface area contributed by atoms with Crippen molar-refractivity contribution in [2.24, 2.45) is 4.99 Å². The maximum Gasteiger partial charge on any atom is 0.353 e. The molecule has 1 N–H and O–H groups in total. The van der Waals surface area contributed by atoms with Gasteiger partial charge < -0.3 is 5.11 Å². The van der Waals surface area contributed by atoms with E-state index >= 15 is 0 Å². The molecule has 0 aromatic heterocycles. The minimum Gasteiger partial charge on any atom is -0.477 e. The zero-order valence-electron chi connectivity index (χ0n) is 11.3. The van der Waals surface area contributed by atoms with E-state index in [2.05, 4.69) is 4.99 Å². The van der Waals surface area contributed by atoms with Crippen LogP contribution in [-0.4, -0.2) is 38.3 Å². The molecule has 22 heavy (non-hydrogen) atoms. The molecule has 0 saturated carbocycles. The number of halogens is 2. The molecule has 2 atom stereocenters. The largest absolute Gasteiger partial charge is 0.477 e. The number of allylic oxidation sites excluding steroid dienone is 1. The quantitative estimate of drug-likeness (QED) is 0.667. The maximum absolute atomic E-state index is 12.2. The number of carbonyl (C=O) groups is 2. The van der Waals surface area contributed by atoms with Crippen molar-refractivity contribution in [1.82, 2.24) is 4.90 Å². The fraction of sp³-hybridized carbons (Fsp3) is 0.214. The van der Waals surface area contributed by atoms with Gasteiger partial charge in [-0.05, 0) is 19.1 Å². The lowest BCUT2D eigenvalue weighted by Crippen LogP contribution is -2.61. The smallest absolute Gasteiger partial charge is 0.353 e. The van der Waals surface area contributed by atoms with Gasteiger partial charge in [-0.2, -0.15) is 0 Å². The molecular formula is C14H10Cl2N2O3S. The van der Waals surface area contributed by atoms with Gasteiger partial charge >= 0.3 is 5.97 Å². The van der Waals surface area contributed by atoms with Crippen LogP contribution in [0.5, 0.6) is 0 Å². The van der Waals surface area contributed by atoms with Gasteiger partial charge in [0.2, 0.25) is 0 Å². The third kappa shape index (κ3) is 2.41. The van der Waals surface area contributed by atoms with Gasteiger partial charge in [0.15, 0.2) is 6.04 Å². The second kappa shape index (κ2) is 5.61. The van der Waals surface area contributed by atoms with E-state index < -0.39 is 12.0 Å². The van der Waals surface area contributed by atoms with Gasteiger partial charge in [0, 0.05) is 15.6 Å². The van der Waals surface area contributed by atoms with E-state index in [-0.39, 0.29) is 22.0 Å². The lowest BCUT2D eigenvalue weighted by atomic mass is 10.1. The molecule has 2 aliphatic rings. The molecule has 2 unspecified atom stereocenters. The molecule has 114 valence electrons. The number of hydrogen-bond donors (Lipinski definition) is 1. The van der Waals surface area contributed by atoms with Crippen LogP contribution in [0.4, 0.5) is 0 Å². The number of β-lactam (4-membered cyclic amide) rings is 1. The van der Waals surface area contributed by atoms with Crippen LogP contribution >= 0.6 is 35.0 Å². The van der Waals surface area contributed by atoms with E-state index in [0.29, 0.717) is 10.1 Å². The van der Waals surface area contributed by atoms with Crippen molar-refractivity contribution in [1.29, 1.82) is 0 Å². The number of fused-ring (bicyclic) bond motifs is 1. The Labute approximate surface area is 140 Å². The molecule has 3 rings (SSSR count). The fourth-order valence-corrected chi connectivity index (χ4v) is 3.94. The molecule has 8 heteroatoms. The number of aliphatic imine (C=N–C) groups is 1. The van der Waals surface area contributed by atoms with E-state index in [9.17, 15) is 14.7 Å². The molecule has 1 aromatic carbocycles. The van der Waals surface area contributed by atoms with Crippen LogP contribution in [0.15, 0.2) is 40.0 Å². The first-order valence-electron chi connectivity index (χ1n) is 6.33. The Morgan fingerprint density at radius 3 is 2.55 bits per heavy atom. The minimum atomic E-state index is -1.22. The van der Waals surface area contributed by atoms with Crippen molar-refractivity contribution in [2.75, 3.05) is 0 Å². The Bertz CT molecular complexity index is 726. The van der Waals surface area contributed by atoms with Crippen LogP contribution in [0.25, 0.3) is 0 Å². The van der Waals surface area contributed by atoms with Gasteiger partial charge in [-0.15, -0.1) is 0 Å². The van der Waals surface area contributed by atoms with Crippen LogP contribution in [0, 0.1) is 0 Å². The van der Waals surface area contributed by atoms with Crippen molar-refractivity contribution in [3.8, 4) is 0 Å². The number of amides is 1. The highest BCUT2D eigenvalue weighted by molar-refractivity contribution is 8.15. The molecule has 1 aromatic rings. The van der Waals surface area contributed by atoms with Gasteiger partial charge in [-0.25, -0.2) is 4.79 Å². The highest BCUT2D eigenvalue weighted by Gasteiger charge is 2.55. The summed E-state index contributed by atoms with van der Waals surface area (Å²) in [6.45, 7) is 1.45. The standard InChI is InChI=1S/C14H10Cl2N2O3S/c1-6(15)10(14(20)21)18-12(19)9-13(18)22-11(17-9)7-2-4-8(16)5-3-7/h2-5,9,13H,1H3,(H,20,21)/b10-6-. The van der Waals surface area contributed by atoms with E-state index in [4.69, 9.17) is 23.2 Å². The number of carboxylic acids is 1. The van der Waals surface area contributed by atoms with E-state index in [1.807, 2.05) is 12.1 Å². The van der Waals surface area contributed by atoms with Crippen LogP contribution < -0.4 is 0 Å². The molecule has 1 fully saturated rings. The molecular weight excluding hydrogens is 347 g/mol. The summed E-state index contributed by atoms with van der Waals surface area (Å²) in [5, 5.41) is 10.2. The SMILES string of the molecule is C/C(Cl)=C(\C(=O)O)N1C(=O)C2N=C(c3ccc(Cl)cc3)SC21. The molecule has 5 nitrogen and oxygen atoms in total. The summed E-state index contributed by atoms with van der Waals surface area (Å²) in [4.78, 5) is 29.0. The molecule has 1 amide bonds. The average molecular weight is 357 g/mol. The zero-order valence-corrected chi connectivity index (χ0v) is 13.6. The Balaban J connectivity index is 1.86. The van der Waals surface area contributed by atoms with Crippen molar-refractivity contribution in [3.63, 3.8) is 0 Å². The minimum absolute atomic E-state index is 0.0693. The third-order valence-electron chi connectivity index (χ3n) is 3.36. The number of likely N-dealkylation sites (tertiary alicyclic amines) is 1. The molecule has 0 bridgehead atoms. The Morgan fingerprint density at radius 1 is 1.36 bits per heavy atom. The van der Waals surface area contributed by atoms with Crippen molar-refractivity contribution in [3.05, 3.63) is 45.6 Å².